The summed E-state index contributed by atoms with van der Waals surface area (Å²) >= 11 is 0. The average molecular weight is 264 g/mol. The summed E-state index contributed by atoms with van der Waals surface area (Å²) in [5.74, 6) is 0.160. The van der Waals surface area contributed by atoms with Gasteiger partial charge in [-0.2, -0.15) is 0 Å². The number of H-pyrrole nitrogens is 1. The van der Waals surface area contributed by atoms with Gasteiger partial charge < -0.3 is 15.0 Å². The molecule has 2 N–H and O–H groups in total. The summed E-state index contributed by atoms with van der Waals surface area (Å²) in [5.41, 5.74) is 1.38. The van der Waals surface area contributed by atoms with E-state index in [2.05, 4.69) is 10.3 Å². The largest absolute Gasteiger partial charge is 0.381 e. The monoisotopic (exact) mass is 264 g/mol. The Bertz CT molecular complexity index is 516. The minimum absolute atomic E-state index is 0.220. The van der Waals surface area contributed by atoms with E-state index in [0.29, 0.717) is 18.2 Å². The van der Waals surface area contributed by atoms with Gasteiger partial charge in [-0.1, -0.05) is 0 Å². The predicted molar refractivity (Wildman–Crippen MR) is 72.4 cm³/mol. The second-order valence-corrected chi connectivity index (χ2v) is 5.08. The lowest BCUT2D eigenvalue weighted by Crippen LogP contribution is -2.35. The van der Waals surface area contributed by atoms with Gasteiger partial charge in [-0.15, -0.1) is 0 Å². The number of carbonyl (C=O) groups excluding carboxylic acids is 1. The van der Waals surface area contributed by atoms with Crippen LogP contribution < -0.4 is 10.7 Å². The fourth-order valence-corrected chi connectivity index (χ4v) is 2.41. The maximum atomic E-state index is 12.1. The third-order valence-electron chi connectivity index (χ3n) is 3.47. The van der Waals surface area contributed by atoms with Gasteiger partial charge in [0.2, 0.25) is 0 Å². The van der Waals surface area contributed by atoms with Crippen molar-refractivity contribution in [2.24, 2.45) is 5.92 Å². The fraction of sp³-hybridized carbons (Fsp3) is 0.571. The van der Waals surface area contributed by atoms with Gasteiger partial charge in [-0.25, -0.2) is 0 Å². The minimum atomic E-state index is -0.287. The summed E-state index contributed by atoms with van der Waals surface area (Å²) in [6, 6.07) is 1.45. The van der Waals surface area contributed by atoms with Gasteiger partial charge in [0.05, 0.1) is 0 Å². The average Bonchev–Trinajstić information content (AvgIpc) is 2.36. The van der Waals surface area contributed by atoms with Crippen LogP contribution in [-0.4, -0.2) is 30.6 Å². The first-order chi connectivity index (χ1) is 9.08. The second-order valence-electron chi connectivity index (χ2n) is 5.08. The molecule has 2 rings (SSSR count). The van der Waals surface area contributed by atoms with E-state index in [9.17, 15) is 9.59 Å². The van der Waals surface area contributed by atoms with Crippen molar-refractivity contribution >= 4 is 5.91 Å². The molecule has 104 valence electrons. The van der Waals surface area contributed by atoms with E-state index in [-0.39, 0.29) is 16.9 Å². The molecule has 1 aromatic rings. The van der Waals surface area contributed by atoms with Gasteiger partial charge in [0.15, 0.2) is 5.43 Å². The second kappa shape index (κ2) is 6.02. The van der Waals surface area contributed by atoms with E-state index in [1.54, 1.807) is 13.8 Å². The third kappa shape index (κ3) is 3.44. The highest BCUT2D eigenvalue weighted by Crippen LogP contribution is 2.13. The summed E-state index contributed by atoms with van der Waals surface area (Å²) in [5, 5.41) is 2.86. The zero-order valence-corrected chi connectivity index (χ0v) is 11.4. The van der Waals surface area contributed by atoms with Crippen molar-refractivity contribution in [3.05, 3.63) is 33.2 Å². The highest BCUT2D eigenvalue weighted by atomic mass is 16.5. The summed E-state index contributed by atoms with van der Waals surface area (Å²) in [6.07, 6.45) is 1.92. The first-order valence-corrected chi connectivity index (χ1v) is 6.64. The zero-order valence-electron chi connectivity index (χ0n) is 11.4. The van der Waals surface area contributed by atoms with Crippen LogP contribution in [0.4, 0.5) is 0 Å². The molecule has 0 atom stereocenters. The van der Waals surface area contributed by atoms with E-state index in [0.717, 1.165) is 31.7 Å². The lowest BCUT2D eigenvalue weighted by Gasteiger charge is -2.22. The van der Waals surface area contributed by atoms with Crippen LogP contribution in [0.2, 0.25) is 0 Å². The Morgan fingerprint density at radius 1 is 1.42 bits per heavy atom. The van der Waals surface area contributed by atoms with Crippen molar-refractivity contribution in [3.8, 4) is 0 Å². The molecule has 0 radical (unpaired) electrons. The van der Waals surface area contributed by atoms with Crippen LogP contribution in [0, 0.1) is 19.8 Å². The molecule has 1 amide bonds. The first-order valence-electron chi connectivity index (χ1n) is 6.64. The topological polar surface area (TPSA) is 71.2 Å². The summed E-state index contributed by atoms with van der Waals surface area (Å²) < 4.78 is 5.27. The molecule has 1 aliphatic rings. The van der Waals surface area contributed by atoms with Crippen molar-refractivity contribution in [3.63, 3.8) is 0 Å². The minimum Gasteiger partial charge on any atom is -0.381 e. The van der Waals surface area contributed by atoms with Gasteiger partial charge in [-0.3, -0.25) is 9.59 Å². The number of nitrogens with one attached hydrogen (secondary N) is 2. The van der Waals surface area contributed by atoms with E-state index in [1.807, 2.05) is 0 Å². The quantitative estimate of drug-likeness (QED) is 0.860. The molecule has 1 aliphatic heterocycles. The first kappa shape index (κ1) is 13.8. The van der Waals surface area contributed by atoms with Crippen LogP contribution in [0.15, 0.2) is 10.9 Å². The molecule has 0 bridgehead atoms. The number of hydrogen-bond donors (Lipinski definition) is 2. The number of aromatic nitrogens is 1. The van der Waals surface area contributed by atoms with Crippen molar-refractivity contribution in [1.82, 2.24) is 10.3 Å². The Labute approximate surface area is 112 Å². The van der Waals surface area contributed by atoms with Crippen molar-refractivity contribution in [2.75, 3.05) is 19.8 Å². The summed E-state index contributed by atoms with van der Waals surface area (Å²) in [7, 11) is 0. The molecule has 1 fully saturated rings. The summed E-state index contributed by atoms with van der Waals surface area (Å²) in [6.45, 7) is 5.67. The van der Waals surface area contributed by atoms with E-state index in [1.165, 1.54) is 6.07 Å². The van der Waals surface area contributed by atoms with Crippen LogP contribution in [0.25, 0.3) is 0 Å². The molecule has 0 aromatic carbocycles. The van der Waals surface area contributed by atoms with Crippen LogP contribution in [0.5, 0.6) is 0 Å². The molecule has 1 aromatic heterocycles. The highest BCUT2D eigenvalue weighted by Gasteiger charge is 2.18. The van der Waals surface area contributed by atoms with Gasteiger partial charge in [0, 0.05) is 37.2 Å². The van der Waals surface area contributed by atoms with E-state index in [4.69, 9.17) is 4.74 Å². The van der Waals surface area contributed by atoms with Gasteiger partial charge in [0.25, 0.3) is 5.91 Å². The number of aromatic amines is 1. The molecule has 0 unspecified atom stereocenters. The standard InChI is InChI=1S/C14H20N2O3/c1-9-7-12(17)13(10(2)16-9)14(18)15-8-11-3-5-19-6-4-11/h7,11H,3-6,8H2,1-2H3,(H,15,18)(H,16,17). The molecular weight excluding hydrogens is 244 g/mol. The number of aryl methyl sites for hydroxylation is 2. The third-order valence-corrected chi connectivity index (χ3v) is 3.47. The molecule has 19 heavy (non-hydrogen) atoms. The van der Waals surface area contributed by atoms with Crippen molar-refractivity contribution in [2.45, 2.75) is 26.7 Å². The van der Waals surface area contributed by atoms with Crippen LogP contribution in [0.3, 0.4) is 0 Å². The Hall–Kier alpha value is -1.62. The molecule has 0 spiro atoms. The maximum Gasteiger partial charge on any atom is 0.257 e. The molecule has 1 saturated heterocycles. The van der Waals surface area contributed by atoms with Crippen LogP contribution in [0.1, 0.15) is 34.6 Å². The van der Waals surface area contributed by atoms with E-state index >= 15 is 0 Å². The van der Waals surface area contributed by atoms with Crippen molar-refractivity contribution < 1.29 is 9.53 Å². The maximum absolute atomic E-state index is 12.1. The molecular formula is C14H20N2O3. The number of hydrogen-bond acceptors (Lipinski definition) is 3. The van der Waals surface area contributed by atoms with Crippen molar-refractivity contribution in [1.29, 1.82) is 0 Å². The van der Waals surface area contributed by atoms with Gasteiger partial charge >= 0.3 is 0 Å². The SMILES string of the molecule is Cc1cc(=O)c(C(=O)NCC2CCOCC2)c(C)[nH]1. The Kier molecular flexibility index (Phi) is 4.37. The number of ether oxygens (including phenoxy) is 1. The smallest absolute Gasteiger partial charge is 0.257 e. The Morgan fingerprint density at radius 3 is 2.74 bits per heavy atom. The Morgan fingerprint density at radius 2 is 2.11 bits per heavy atom. The molecule has 0 saturated carbocycles. The van der Waals surface area contributed by atoms with Gasteiger partial charge in [0.1, 0.15) is 5.56 Å². The number of carbonyl (C=O) groups is 1. The zero-order chi connectivity index (χ0) is 13.8. The lowest BCUT2D eigenvalue weighted by molar-refractivity contribution is 0.0642. The van der Waals surface area contributed by atoms with E-state index < -0.39 is 0 Å². The molecule has 5 heteroatoms. The van der Waals surface area contributed by atoms with Crippen LogP contribution >= 0.6 is 0 Å². The Balaban J connectivity index is 2.02. The predicted octanol–water partition coefficient (Wildman–Crippen LogP) is 1.15. The van der Waals surface area contributed by atoms with Crippen LogP contribution in [-0.2, 0) is 4.74 Å². The lowest BCUT2D eigenvalue weighted by atomic mass is 10.0. The molecule has 2 heterocycles. The molecule has 0 aliphatic carbocycles. The molecule has 5 nitrogen and oxygen atoms in total. The number of rotatable bonds is 3. The van der Waals surface area contributed by atoms with Gasteiger partial charge in [-0.05, 0) is 32.6 Å². The number of amides is 1. The summed E-state index contributed by atoms with van der Waals surface area (Å²) in [4.78, 5) is 26.9. The number of pyridine rings is 1. The fourth-order valence-electron chi connectivity index (χ4n) is 2.41. The normalized spacial score (nSPS) is 16.3. The highest BCUT2D eigenvalue weighted by molar-refractivity contribution is 5.95.